The Kier molecular flexibility index (Phi) is 4.15. The number of aryl methyl sites for hydroxylation is 2. The molecular formula is C20H16N4O5. The van der Waals surface area contributed by atoms with E-state index in [-0.39, 0.29) is 33.5 Å². The van der Waals surface area contributed by atoms with Crippen LogP contribution in [-0.4, -0.2) is 20.0 Å². The van der Waals surface area contributed by atoms with E-state index in [1.807, 2.05) is 0 Å². The molecule has 0 unspecified atom stereocenters. The Morgan fingerprint density at radius 2 is 1.83 bits per heavy atom. The first-order valence-electron chi connectivity index (χ1n) is 8.69. The summed E-state index contributed by atoms with van der Waals surface area (Å²) in [4.78, 5) is 54.1. The molecule has 0 radical (unpaired) electrons. The van der Waals surface area contributed by atoms with E-state index in [9.17, 15) is 19.2 Å². The molecule has 0 saturated heterocycles. The first-order valence-corrected chi connectivity index (χ1v) is 8.69. The van der Waals surface area contributed by atoms with Gasteiger partial charge in [-0.3, -0.25) is 23.5 Å². The molecule has 0 aliphatic rings. The van der Waals surface area contributed by atoms with Crippen LogP contribution in [0.4, 0.5) is 5.69 Å². The fourth-order valence-corrected chi connectivity index (χ4v) is 3.18. The molecule has 3 heterocycles. The van der Waals surface area contributed by atoms with Gasteiger partial charge in [0.15, 0.2) is 16.8 Å². The van der Waals surface area contributed by atoms with Gasteiger partial charge in [0.05, 0.1) is 11.1 Å². The minimum Gasteiger partial charge on any atom is -0.451 e. The fourth-order valence-electron chi connectivity index (χ4n) is 3.18. The van der Waals surface area contributed by atoms with Crippen LogP contribution in [0.3, 0.4) is 0 Å². The molecule has 146 valence electrons. The molecule has 0 bridgehead atoms. The average molecular weight is 392 g/mol. The first kappa shape index (κ1) is 18.4. The first-order chi connectivity index (χ1) is 13.8. The van der Waals surface area contributed by atoms with Gasteiger partial charge in [-0.1, -0.05) is 12.1 Å². The van der Waals surface area contributed by atoms with E-state index in [1.54, 1.807) is 31.2 Å². The third kappa shape index (κ3) is 2.83. The maximum atomic E-state index is 12.8. The number of hydrogen-bond acceptors (Lipinski definition) is 6. The fraction of sp³-hybridized carbons (Fsp3) is 0.150. The van der Waals surface area contributed by atoms with Crippen LogP contribution >= 0.6 is 0 Å². The standard InChI is InChI=1S/C20H16N4O5/c1-10-9-21-17-15(19(27)24(3)20(28)23(17)2)16(10)22-18(26)14-8-12(25)11-6-4-5-7-13(11)29-14/h4-9H,1-3H3,(H,21,22,26). The maximum absolute atomic E-state index is 12.8. The molecule has 9 nitrogen and oxygen atoms in total. The number of pyridine rings is 1. The normalized spacial score (nSPS) is 11.1. The molecule has 0 atom stereocenters. The predicted molar refractivity (Wildman–Crippen MR) is 107 cm³/mol. The highest BCUT2D eigenvalue weighted by atomic mass is 16.3. The number of para-hydroxylation sites is 1. The van der Waals surface area contributed by atoms with Crippen LogP contribution in [0.15, 0.2) is 55.3 Å². The van der Waals surface area contributed by atoms with Crippen LogP contribution in [0.5, 0.6) is 0 Å². The van der Waals surface area contributed by atoms with Gasteiger partial charge in [-0.2, -0.15) is 0 Å². The molecule has 1 N–H and O–H groups in total. The zero-order chi connectivity index (χ0) is 20.9. The Morgan fingerprint density at radius 3 is 2.59 bits per heavy atom. The lowest BCUT2D eigenvalue weighted by molar-refractivity contribution is 0.0997. The van der Waals surface area contributed by atoms with Crippen LogP contribution < -0.4 is 22.0 Å². The molecule has 0 aliphatic heterocycles. The van der Waals surface area contributed by atoms with Gasteiger partial charge in [-0.05, 0) is 24.6 Å². The highest BCUT2D eigenvalue weighted by Gasteiger charge is 2.19. The summed E-state index contributed by atoms with van der Waals surface area (Å²) in [5, 5.41) is 3.08. The SMILES string of the molecule is Cc1cnc2c(c1NC(=O)c1cc(=O)c3ccccc3o1)c(=O)n(C)c(=O)n2C. The predicted octanol–water partition coefficient (Wildman–Crippen LogP) is 1.30. The lowest BCUT2D eigenvalue weighted by Gasteiger charge is -2.13. The minimum absolute atomic E-state index is 0.0890. The number of aromatic nitrogens is 3. The minimum atomic E-state index is -0.695. The topological polar surface area (TPSA) is 116 Å². The Bertz CT molecular complexity index is 1490. The van der Waals surface area contributed by atoms with Crippen molar-refractivity contribution in [2.24, 2.45) is 14.1 Å². The molecule has 0 saturated carbocycles. The largest absolute Gasteiger partial charge is 0.451 e. The molecule has 0 aliphatic carbocycles. The summed E-state index contributed by atoms with van der Waals surface area (Å²) in [5.41, 5.74) is -0.340. The Morgan fingerprint density at radius 1 is 1.10 bits per heavy atom. The summed E-state index contributed by atoms with van der Waals surface area (Å²) in [6.07, 6.45) is 1.45. The van der Waals surface area contributed by atoms with Crippen LogP contribution in [0, 0.1) is 6.92 Å². The zero-order valence-corrected chi connectivity index (χ0v) is 15.8. The molecule has 9 heteroatoms. The Balaban J connectivity index is 1.90. The summed E-state index contributed by atoms with van der Waals surface area (Å²) in [6.45, 7) is 1.67. The summed E-state index contributed by atoms with van der Waals surface area (Å²) in [7, 11) is 2.83. The van der Waals surface area contributed by atoms with E-state index in [0.717, 1.165) is 10.6 Å². The lowest BCUT2D eigenvalue weighted by atomic mass is 10.1. The van der Waals surface area contributed by atoms with E-state index in [1.165, 1.54) is 24.9 Å². The molecule has 0 spiro atoms. The van der Waals surface area contributed by atoms with E-state index in [4.69, 9.17) is 4.42 Å². The monoisotopic (exact) mass is 392 g/mol. The van der Waals surface area contributed by atoms with E-state index in [0.29, 0.717) is 10.9 Å². The van der Waals surface area contributed by atoms with E-state index >= 15 is 0 Å². The smallest absolute Gasteiger partial charge is 0.332 e. The Hall–Kier alpha value is -4.01. The van der Waals surface area contributed by atoms with Gasteiger partial charge in [0, 0.05) is 26.4 Å². The number of hydrogen-bond donors (Lipinski definition) is 1. The van der Waals surface area contributed by atoms with Crippen molar-refractivity contribution in [1.29, 1.82) is 0 Å². The molecule has 4 rings (SSSR count). The third-order valence-electron chi connectivity index (χ3n) is 4.76. The van der Waals surface area contributed by atoms with Crippen molar-refractivity contribution in [3.8, 4) is 0 Å². The molecule has 3 aromatic heterocycles. The van der Waals surface area contributed by atoms with Gasteiger partial charge in [0.2, 0.25) is 0 Å². The lowest BCUT2D eigenvalue weighted by Crippen LogP contribution is -2.37. The van der Waals surface area contributed by atoms with Gasteiger partial charge in [0.1, 0.15) is 11.0 Å². The van der Waals surface area contributed by atoms with Crippen LogP contribution in [0.1, 0.15) is 16.1 Å². The number of amides is 1. The molecule has 4 aromatic rings. The number of rotatable bonds is 2. The van der Waals surface area contributed by atoms with Gasteiger partial charge < -0.3 is 9.73 Å². The van der Waals surface area contributed by atoms with Gasteiger partial charge in [-0.15, -0.1) is 0 Å². The van der Waals surface area contributed by atoms with Gasteiger partial charge in [-0.25, -0.2) is 9.78 Å². The number of nitrogens with one attached hydrogen (secondary N) is 1. The molecular weight excluding hydrogens is 376 g/mol. The molecule has 0 fully saturated rings. The summed E-state index contributed by atoms with van der Waals surface area (Å²) >= 11 is 0. The third-order valence-corrected chi connectivity index (χ3v) is 4.76. The second kappa shape index (κ2) is 6.55. The second-order valence-electron chi connectivity index (χ2n) is 6.65. The summed E-state index contributed by atoms with van der Waals surface area (Å²) in [5.74, 6) is -0.890. The highest BCUT2D eigenvalue weighted by Crippen LogP contribution is 2.22. The Labute approximate surface area is 162 Å². The van der Waals surface area contributed by atoms with Crippen molar-refractivity contribution in [3.63, 3.8) is 0 Å². The number of nitrogens with zero attached hydrogens (tertiary/aromatic N) is 3. The van der Waals surface area contributed by atoms with Crippen molar-refractivity contribution in [2.45, 2.75) is 6.92 Å². The zero-order valence-electron chi connectivity index (χ0n) is 15.8. The molecule has 1 aromatic carbocycles. The maximum Gasteiger partial charge on any atom is 0.332 e. The highest BCUT2D eigenvalue weighted by molar-refractivity contribution is 6.07. The summed E-state index contributed by atoms with van der Waals surface area (Å²) < 4.78 is 7.72. The van der Waals surface area contributed by atoms with Crippen molar-refractivity contribution in [3.05, 3.63) is 78.9 Å². The summed E-state index contributed by atoms with van der Waals surface area (Å²) in [6, 6.07) is 7.69. The van der Waals surface area contributed by atoms with Crippen LogP contribution in [0.2, 0.25) is 0 Å². The molecule has 29 heavy (non-hydrogen) atoms. The van der Waals surface area contributed by atoms with Crippen LogP contribution in [0.25, 0.3) is 22.0 Å². The quantitative estimate of drug-likeness (QED) is 0.550. The van der Waals surface area contributed by atoms with E-state index < -0.39 is 17.2 Å². The van der Waals surface area contributed by atoms with Crippen molar-refractivity contribution < 1.29 is 9.21 Å². The van der Waals surface area contributed by atoms with Crippen molar-refractivity contribution in [1.82, 2.24) is 14.1 Å². The van der Waals surface area contributed by atoms with Gasteiger partial charge >= 0.3 is 5.69 Å². The van der Waals surface area contributed by atoms with Gasteiger partial charge in [0.25, 0.3) is 11.5 Å². The van der Waals surface area contributed by atoms with E-state index in [2.05, 4.69) is 10.3 Å². The van der Waals surface area contributed by atoms with Crippen LogP contribution in [-0.2, 0) is 14.1 Å². The number of anilines is 1. The van der Waals surface area contributed by atoms with Crippen molar-refractivity contribution in [2.75, 3.05) is 5.32 Å². The van der Waals surface area contributed by atoms with Crippen molar-refractivity contribution >= 4 is 33.6 Å². The number of benzene rings is 1. The number of carbonyl (C=O) groups is 1. The number of carbonyl (C=O) groups excluding carboxylic acids is 1. The second-order valence-corrected chi connectivity index (χ2v) is 6.65. The molecule has 1 amide bonds. The number of fused-ring (bicyclic) bond motifs is 2. The average Bonchev–Trinajstić information content (AvgIpc) is 2.72.